The smallest absolute Gasteiger partial charge is 0.303 e. The van der Waals surface area contributed by atoms with E-state index in [-0.39, 0.29) is 0 Å². The molecule has 10 nitrogen and oxygen atoms in total. The molecule has 0 bridgehead atoms. The van der Waals surface area contributed by atoms with Crippen LogP contribution in [0.25, 0.3) is 0 Å². The number of ether oxygens (including phenoxy) is 4. The summed E-state index contributed by atoms with van der Waals surface area (Å²) in [6, 6.07) is 0. The van der Waals surface area contributed by atoms with E-state index in [0.29, 0.717) is 0 Å². The number of aliphatic hydroxyl groups is 1. The summed E-state index contributed by atoms with van der Waals surface area (Å²) in [4.78, 5) is 56.9. The molecule has 11 heteroatoms. The molecule has 0 rings (SSSR count). The van der Waals surface area contributed by atoms with Crippen molar-refractivity contribution in [3.8, 4) is 0 Å². The van der Waals surface area contributed by atoms with Crippen molar-refractivity contribution in [1.29, 1.82) is 0 Å². The number of carbonyl (C=O) groups excluding carboxylic acids is 5. The fourth-order valence-electron chi connectivity index (χ4n) is 1.88. The number of hydrogen-bond donors (Lipinski definition) is 1. The summed E-state index contributed by atoms with van der Waals surface area (Å²) in [6.07, 6.45) is -6.47. The predicted molar refractivity (Wildman–Crippen MR) is 83.2 cm³/mol. The van der Waals surface area contributed by atoms with E-state index in [1.807, 2.05) is 0 Å². The molecule has 0 amide bonds. The molecule has 0 unspecified atom stereocenters. The van der Waals surface area contributed by atoms with Gasteiger partial charge in [0, 0.05) is 27.7 Å². The second-order valence-electron chi connectivity index (χ2n) is 4.81. The van der Waals surface area contributed by atoms with Gasteiger partial charge in [-0.1, -0.05) is 0 Å². The number of carbonyl (C=O) groups is 5. The third-order valence-corrected chi connectivity index (χ3v) is 3.06. The molecular formula is C14H19BrO10. The van der Waals surface area contributed by atoms with Crippen LogP contribution in [0.4, 0.5) is 0 Å². The van der Waals surface area contributed by atoms with Gasteiger partial charge in [0.15, 0.2) is 18.3 Å². The molecule has 0 saturated carbocycles. The maximum Gasteiger partial charge on any atom is 0.303 e. The summed E-state index contributed by atoms with van der Waals surface area (Å²) in [7, 11) is 0. The molecule has 25 heavy (non-hydrogen) atoms. The highest BCUT2D eigenvalue weighted by Gasteiger charge is 2.45. The Labute approximate surface area is 151 Å². The van der Waals surface area contributed by atoms with Crippen molar-refractivity contribution in [3.63, 3.8) is 0 Å². The van der Waals surface area contributed by atoms with Crippen LogP contribution in [0.5, 0.6) is 0 Å². The molecule has 0 aromatic heterocycles. The molecule has 1 N–H and O–H groups in total. The second kappa shape index (κ2) is 10.8. The summed E-state index contributed by atoms with van der Waals surface area (Å²) in [5.74, 6) is -3.49. The van der Waals surface area contributed by atoms with Crippen molar-refractivity contribution < 1.29 is 48.0 Å². The molecule has 142 valence electrons. The summed E-state index contributed by atoms with van der Waals surface area (Å²) >= 11 is 2.60. The molecule has 0 aromatic rings. The fraction of sp³-hybridized carbons (Fsp3) is 0.643. The Morgan fingerprint density at radius 2 is 1.16 bits per heavy atom. The lowest BCUT2D eigenvalue weighted by Gasteiger charge is -2.33. The lowest BCUT2D eigenvalue weighted by atomic mass is 10.0. The molecule has 0 radical (unpaired) electrons. The minimum atomic E-state index is -1.71. The van der Waals surface area contributed by atoms with Crippen LogP contribution >= 0.6 is 15.9 Å². The molecule has 0 aliphatic rings. The van der Waals surface area contributed by atoms with Crippen molar-refractivity contribution in [1.82, 2.24) is 0 Å². The Morgan fingerprint density at radius 3 is 1.48 bits per heavy atom. The highest BCUT2D eigenvalue weighted by Crippen LogP contribution is 2.21. The lowest BCUT2D eigenvalue weighted by Crippen LogP contribution is -2.54. The molecule has 4 atom stereocenters. The van der Waals surface area contributed by atoms with Crippen LogP contribution in [-0.4, -0.2) is 64.7 Å². The lowest BCUT2D eigenvalue weighted by molar-refractivity contribution is -0.199. The Balaban J connectivity index is 5.98. The van der Waals surface area contributed by atoms with Crippen molar-refractivity contribution in [2.24, 2.45) is 0 Å². The number of esters is 4. The molecule has 0 fully saturated rings. The first-order chi connectivity index (χ1) is 11.5. The van der Waals surface area contributed by atoms with Gasteiger partial charge in [-0.05, 0) is 15.9 Å². The van der Waals surface area contributed by atoms with Crippen molar-refractivity contribution in [3.05, 3.63) is 0 Å². The van der Waals surface area contributed by atoms with E-state index >= 15 is 0 Å². The molecule has 0 spiro atoms. The van der Waals surface area contributed by atoms with Gasteiger partial charge in [-0.15, -0.1) is 0 Å². The van der Waals surface area contributed by atoms with E-state index < -0.39 is 59.6 Å². The predicted octanol–water partition coefficient (Wildman–Crippen LogP) is -0.373. The van der Waals surface area contributed by atoms with E-state index in [1.54, 1.807) is 0 Å². The molecule has 0 heterocycles. The van der Waals surface area contributed by atoms with Crippen molar-refractivity contribution >= 4 is 44.5 Å². The zero-order valence-electron chi connectivity index (χ0n) is 14.0. The zero-order valence-corrected chi connectivity index (χ0v) is 15.6. The van der Waals surface area contributed by atoms with Gasteiger partial charge in [0.05, 0.1) is 6.61 Å². The van der Waals surface area contributed by atoms with Crippen LogP contribution in [-0.2, 0) is 42.9 Å². The average molecular weight is 427 g/mol. The van der Waals surface area contributed by atoms with E-state index in [4.69, 9.17) is 18.9 Å². The number of hydrogen-bond acceptors (Lipinski definition) is 10. The quantitative estimate of drug-likeness (QED) is 0.294. The Bertz CT molecular complexity index is 532. The van der Waals surface area contributed by atoms with Gasteiger partial charge in [0.1, 0.15) is 0 Å². The number of rotatable bonds is 9. The third kappa shape index (κ3) is 8.59. The van der Waals surface area contributed by atoms with Crippen LogP contribution in [0.15, 0.2) is 0 Å². The summed E-state index contributed by atoms with van der Waals surface area (Å²) < 4.78 is 18.7. The normalized spacial score (nSPS) is 15.1. The first-order valence-corrected chi connectivity index (χ1v) is 7.78. The van der Waals surface area contributed by atoms with E-state index in [2.05, 4.69) is 15.9 Å². The molecular weight excluding hydrogens is 408 g/mol. The fourth-order valence-corrected chi connectivity index (χ4v) is 2.24. The standard InChI is InChI=1S/C14H19BrO10/c1-6(17)22-10(5-16)11(23-7(2)18)12(24-8(3)19)13(14(15)21)25-9(4)20/h10-13,16H,5H2,1-4H3/t10-,11+,12+,13-/m1/s1. The van der Waals surface area contributed by atoms with Gasteiger partial charge in [-0.25, -0.2) is 0 Å². The van der Waals surface area contributed by atoms with Gasteiger partial charge >= 0.3 is 23.9 Å². The first kappa shape index (κ1) is 23.0. The monoisotopic (exact) mass is 426 g/mol. The number of halogens is 1. The largest absolute Gasteiger partial charge is 0.456 e. The van der Waals surface area contributed by atoms with Gasteiger partial charge in [-0.3, -0.25) is 24.0 Å². The summed E-state index contributed by atoms with van der Waals surface area (Å²) in [5, 5.41) is 9.43. The van der Waals surface area contributed by atoms with Crippen LogP contribution < -0.4 is 0 Å². The van der Waals surface area contributed by atoms with Gasteiger partial charge in [0.2, 0.25) is 10.8 Å². The summed E-state index contributed by atoms with van der Waals surface area (Å²) in [6.45, 7) is 3.23. The molecule has 0 aliphatic carbocycles. The first-order valence-electron chi connectivity index (χ1n) is 6.98. The molecule has 0 aliphatic heterocycles. The highest BCUT2D eigenvalue weighted by atomic mass is 79.9. The topological polar surface area (TPSA) is 142 Å². The molecule has 0 aromatic carbocycles. The third-order valence-electron chi connectivity index (χ3n) is 2.61. The zero-order chi connectivity index (χ0) is 19.7. The minimum absolute atomic E-state index is 0.821. The average Bonchev–Trinajstić information content (AvgIpc) is 2.45. The highest BCUT2D eigenvalue weighted by molar-refractivity contribution is 9.18. The van der Waals surface area contributed by atoms with Gasteiger partial charge in [0.25, 0.3) is 0 Å². The van der Waals surface area contributed by atoms with Gasteiger partial charge < -0.3 is 24.1 Å². The Morgan fingerprint density at radius 1 is 0.760 bits per heavy atom. The number of aliphatic hydroxyl groups excluding tert-OH is 1. The van der Waals surface area contributed by atoms with Crippen molar-refractivity contribution in [2.75, 3.05) is 6.61 Å². The van der Waals surface area contributed by atoms with Crippen LogP contribution in [0.2, 0.25) is 0 Å². The van der Waals surface area contributed by atoms with E-state index in [0.717, 1.165) is 27.7 Å². The maximum absolute atomic E-state index is 11.8. The van der Waals surface area contributed by atoms with Crippen LogP contribution in [0, 0.1) is 0 Å². The SMILES string of the molecule is CC(=O)O[C@H]([C@H](OC(C)=O)[C@@H](OC(C)=O)C(=O)Br)[C@@H](CO)OC(C)=O. The summed E-state index contributed by atoms with van der Waals surface area (Å²) in [5.41, 5.74) is 0. The second-order valence-corrected chi connectivity index (χ2v) is 5.59. The minimum Gasteiger partial charge on any atom is -0.456 e. The van der Waals surface area contributed by atoms with E-state index in [9.17, 15) is 29.1 Å². The van der Waals surface area contributed by atoms with E-state index in [1.165, 1.54) is 0 Å². The molecule has 0 saturated heterocycles. The van der Waals surface area contributed by atoms with Gasteiger partial charge in [-0.2, -0.15) is 0 Å². The van der Waals surface area contributed by atoms with Crippen molar-refractivity contribution in [2.45, 2.75) is 52.1 Å². The van der Waals surface area contributed by atoms with Crippen LogP contribution in [0.3, 0.4) is 0 Å². The maximum atomic E-state index is 11.8. The Hall–Kier alpha value is -2.01. The van der Waals surface area contributed by atoms with Crippen LogP contribution in [0.1, 0.15) is 27.7 Å². The Kier molecular flexibility index (Phi) is 9.91.